The first-order valence-electron chi connectivity index (χ1n) is 10.7. The molecule has 0 unspecified atom stereocenters. The van der Waals surface area contributed by atoms with Crippen molar-refractivity contribution in [1.29, 1.82) is 0 Å². The van der Waals surface area contributed by atoms with Crippen molar-refractivity contribution in [2.24, 2.45) is 0 Å². The lowest BCUT2D eigenvalue weighted by Crippen LogP contribution is -1.90. The number of benzene rings is 2. The van der Waals surface area contributed by atoms with Crippen LogP contribution in [-0.4, -0.2) is 42.1 Å². The van der Waals surface area contributed by atoms with E-state index in [-0.39, 0.29) is 5.75 Å². The van der Waals surface area contributed by atoms with Gasteiger partial charge >= 0.3 is 0 Å². The van der Waals surface area contributed by atoms with Crippen molar-refractivity contribution in [3.63, 3.8) is 0 Å². The highest BCUT2D eigenvalue weighted by atomic mass is 16.5. The van der Waals surface area contributed by atoms with Crippen LogP contribution in [0.2, 0.25) is 0 Å². The minimum absolute atomic E-state index is 0.164. The third-order valence-electron chi connectivity index (χ3n) is 5.41. The number of pyridine rings is 2. The Bertz CT molecular complexity index is 1590. The van der Waals surface area contributed by atoms with Crippen molar-refractivity contribution >= 4 is 21.8 Å². The van der Waals surface area contributed by atoms with E-state index < -0.39 is 0 Å². The monoisotopic (exact) mass is 460 g/mol. The number of phenolic OH excluding ortho intramolecular Hbond substituents is 1. The fourth-order valence-corrected chi connectivity index (χ4v) is 3.73. The summed E-state index contributed by atoms with van der Waals surface area (Å²) in [5.41, 5.74) is 5.47. The van der Waals surface area contributed by atoms with Crippen molar-refractivity contribution in [2.45, 2.75) is 0 Å². The number of aromatic nitrogens is 6. The molecule has 35 heavy (non-hydrogen) atoms. The Morgan fingerprint density at radius 1 is 0.600 bits per heavy atom. The number of rotatable bonds is 3. The Balaban J connectivity index is 0.000000145. The molecular weight excluding hydrogens is 440 g/mol. The first kappa shape index (κ1) is 21.8. The standard InChI is InChI=1S/C14H11N3O.C13H9N3O/c1-18-13-7-11(10-2-4-15-5-3-10)6-12-8-16-9-17-14(12)13;17-12-6-10(9-1-3-14-4-2-9)5-11-7-15-8-16-13(11)12/h2-9H,1H3;1-8,17H. The fraction of sp³-hybridized carbons (Fsp3) is 0.0370. The van der Waals surface area contributed by atoms with Gasteiger partial charge in [-0.05, 0) is 70.8 Å². The van der Waals surface area contributed by atoms with Crippen LogP contribution < -0.4 is 4.74 Å². The van der Waals surface area contributed by atoms with Gasteiger partial charge in [0.2, 0.25) is 0 Å². The zero-order valence-electron chi connectivity index (χ0n) is 18.8. The number of hydrogen-bond acceptors (Lipinski definition) is 8. The van der Waals surface area contributed by atoms with Crippen LogP contribution >= 0.6 is 0 Å². The summed E-state index contributed by atoms with van der Waals surface area (Å²) in [4.78, 5) is 24.3. The van der Waals surface area contributed by atoms with E-state index >= 15 is 0 Å². The Labute approximate surface area is 201 Å². The van der Waals surface area contributed by atoms with Crippen LogP contribution in [0.15, 0.2) is 98.4 Å². The molecule has 0 aliphatic rings. The van der Waals surface area contributed by atoms with Crippen molar-refractivity contribution in [1.82, 2.24) is 29.9 Å². The molecule has 0 atom stereocenters. The molecule has 0 saturated heterocycles. The zero-order valence-corrected chi connectivity index (χ0v) is 18.8. The first-order chi connectivity index (χ1) is 17.2. The number of methoxy groups -OCH3 is 1. The van der Waals surface area contributed by atoms with Crippen LogP contribution in [0.25, 0.3) is 44.1 Å². The Kier molecular flexibility index (Phi) is 6.17. The van der Waals surface area contributed by atoms with E-state index in [1.165, 1.54) is 12.7 Å². The van der Waals surface area contributed by atoms with E-state index in [1.807, 2.05) is 42.5 Å². The van der Waals surface area contributed by atoms with Crippen molar-refractivity contribution < 1.29 is 9.84 Å². The lowest BCUT2D eigenvalue weighted by atomic mass is 10.0. The van der Waals surface area contributed by atoms with Crippen LogP contribution in [0.3, 0.4) is 0 Å². The summed E-state index contributed by atoms with van der Waals surface area (Å²) in [6.07, 6.45) is 13.4. The van der Waals surface area contributed by atoms with Gasteiger partial charge in [-0.2, -0.15) is 0 Å². The maximum atomic E-state index is 9.91. The molecular formula is C27H20N6O2. The molecule has 8 heteroatoms. The molecule has 8 nitrogen and oxygen atoms in total. The topological polar surface area (TPSA) is 107 Å². The first-order valence-corrected chi connectivity index (χ1v) is 10.7. The number of nitrogens with zero attached hydrogens (tertiary/aromatic N) is 6. The molecule has 0 spiro atoms. The van der Waals surface area contributed by atoms with Gasteiger partial charge in [-0.15, -0.1) is 0 Å². The highest BCUT2D eigenvalue weighted by Gasteiger charge is 2.07. The van der Waals surface area contributed by atoms with Gasteiger partial charge in [0.1, 0.15) is 35.2 Å². The molecule has 1 N–H and O–H groups in total. The van der Waals surface area contributed by atoms with Crippen molar-refractivity contribution in [2.75, 3.05) is 7.11 Å². The minimum atomic E-state index is 0.164. The quantitative estimate of drug-likeness (QED) is 0.389. The largest absolute Gasteiger partial charge is 0.506 e. The Hall–Kier alpha value is -4.98. The molecule has 0 bridgehead atoms. The lowest BCUT2D eigenvalue weighted by Gasteiger charge is -2.08. The average molecular weight is 460 g/mol. The average Bonchev–Trinajstić information content (AvgIpc) is 2.94. The predicted molar refractivity (Wildman–Crippen MR) is 134 cm³/mol. The Morgan fingerprint density at radius 2 is 1.11 bits per heavy atom. The number of phenols is 1. The number of ether oxygens (including phenoxy) is 1. The molecule has 4 heterocycles. The van der Waals surface area contributed by atoms with Gasteiger partial charge < -0.3 is 9.84 Å². The summed E-state index contributed by atoms with van der Waals surface area (Å²) in [5.74, 6) is 0.915. The van der Waals surface area contributed by atoms with E-state index in [0.717, 1.165) is 44.3 Å². The Morgan fingerprint density at radius 3 is 1.69 bits per heavy atom. The highest BCUT2D eigenvalue weighted by molar-refractivity contribution is 5.89. The molecule has 6 rings (SSSR count). The third kappa shape index (κ3) is 4.72. The van der Waals surface area contributed by atoms with Crippen LogP contribution in [0.5, 0.6) is 11.5 Å². The summed E-state index contributed by atoms with van der Waals surface area (Å²) in [6.45, 7) is 0. The van der Waals surface area contributed by atoms with E-state index in [9.17, 15) is 5.11 Å². The van der Waals surface area contributed by atoms with E-state index in [0.29, 0.717) is 5.52 Å². The fourth-order valence-electron chi connectivity index (χ4n) is 3.73. The molecule has 0 saturated carbocycles. The molecule has 0 radical (unpaired) electrons. The van der Waals surface area contributed by atoms with E-state index in [1.54, 1.807) is 50.4 Å². The maximum Gasteiger partial charge on any atom is 0.145 e. The molecule has 0 fully saturated rings. The summed E-state index contributed by atoms with van der Waals surface area (Å²) in [6, 6.07) is 15.4. The molecule has 0 amide bonds. The second-order valence-corrected chi connectivity index (χ2v) is 7.57. The number of aromatic hydroxyl groups is 1. The predicted octanol–water partition coefficient (Wildman–Crippen LogP) is 5.10. The molecule has 6 aromatic rings. The van der Waals surface area contributed by atoms with Crippen LogP contribution in [-0.2, 0) is 0 Å². The molecule has 0 aliphatic heterocycles. The van der Waals surface area contributed by atoms with Gasteiger partial charge in [0.15, 0.2) is 0 Å². The van der Waals surface area contributed by atoms with Gasteiger partial charge in [-0.25, -0.2) is 19.9 Å². The van der Waals surface area contributed by atoms with Crippen LogP contribution in [0, 0.1) is 0 Å². The second kappa shape index (κ2) is 9.88. The molecule has 2 aromatic carbocycles. The highest BCUT2D eigenvalue weighted by Crippen LogP contribution is 2.31. The summed E-state index contributed by atoms with van der Waals surface area (Å²) >= 11 is 0. The van der Waals surface area contributed by atoms with Crippen molar-refractivity contribution in [3.05, 3.63) is 98.4 Å². The minimum Gasteiger partial charge on any atom is -0.506 e. The van der Waals surface area contributed by atoms with Gasteiger partial charge in [0.05, 0.1) is 7.11 Å². The van der Waals surface area contributed by atoms with Gasteiger partial charge in [-0.1, -0.05) is 0 Å². The van der Waals surface area contributed by atoms with Crippen molar-refractivity contribution in [3.8, 4) is 33.8 Å². The van der Waals surface area contributed by atoms with Gasteiger partial charge in [0, 0.05) is 48.0 Å². The maximum absolute atomic E-state index is 9.91. The number of hydrogen-bond donors (Lipinski definition) is 1. The molecule has 4 aromatic heterocycles. The van der Waals surface area contributed by atoms with Gasteiger partial charge in [0.25, 0.3) is 0 Å². The SMILES string of the molecule is COc1cc(-c2ccncc2)cc2cncnc12.Oc1cc(-c2ccncc2)cc2cncnc12. The second-order valence-electron chi connectivity index (χ2n) is 7.57. The zero-order chi connectivity index (χ0) is 24.0. The third-order valence-corrected chi connectivity index (χ3v) is 5.41. The van der Waals surface area contributed by atoms with E-state index in [2.05, 4.69) is 29.9 Å². The summed E-state index contributed by atoms with van der Waals surface area (Å²) < 4.78 is 5.38. The van der Waals surface area contributed by atoms with Crippen LogP contribution in [0.4, 0.5) is 0 Å². The lowest BCUT2D eigenvalue weighted by molar-refractivity contribution is 0.419. The van der Waals surface area contributed by atoms with Gasteiger partial charge in [-0.3, -0.25) is 9.97 Å². The molecule has 170 valence electrons. The normalized spacial score (nSPS) is 10.5. The van der Waals surface area contributed by atoms with Crippen LogP contribution in [0.1, 0.15) is 0 Å². The smallest absolute Gasteiger partial charge is 0.145 e. The summed E-state index contributed by atoms with van der Waals surface area (Å²) in [5, 5.41) is 11.7. The molecule has 0 aliphatic carbocycles. The van der Waals surface area contributed by atoms with E-state index in [4.69, 9.17) is 4.74 Å². The summed E-state index contributed by atoms with van der Waals surface area (Å²) in [7, 11) is 1.65. The number of fused-ring (bicyclic) bond motifs is 2.